The fourth-order valence-corrected chi connectivity index (χ4v) is 3.00. The van der Waals surface area contributed by atoms with Gasteiger partial charge in [-0.05, 0) is 42.1 Å². The van der Waals surface area contributed by atoms with E-state index in [0.29, 0.717) is 15.4 Å². The highest BCUT2D eigenvalue weighted by atomic mass is 32.2. The molecule has 0 aliphatic heterocycles. The molecule has 1 aromatic heterocycles. The third-order valence-corrected chi connectivity index (χ3v) is 4.88. The van der Waals surface area contributed by atoms with Gasteiger partial charge in [-0.3, -0.25) is 9.59 Å². The summed E-state index contributed by atoms with van der Waals surface area (Å²) < 4.78 is 27.7. The third kappa shape index (κ3) is 6.02. The molecule has 0 fully saturated rings. The van der Waals surface area contributed by atoms with Crippen LogP contribution in [0.4, 0.5) is 5.69 Å². The minimum absolute atomic E-state index is 0.0875. The van der Waals surface area contributed by atoms with Crippen LogP contribution in [0.1, 0.15) is 0 Å². The summed E-state index contributed by atoms with van der Waals surface area (Å²) in [6, 6.07) is 9.99. The van der Waals surface area contributed by atoms with Crippen molar-refractivity contribution in [3.8, 4) is 0 Å². The van der Waals surface area contributed by atoms with Crippen molar-refractivity contribution in [1.29, 1.82) is 0 Å². The van der Waals surface area contributed by atoms with Crippen LogP contribution in [0.3, 0.4) is 0 Å². The van der Waals surface area contributed by atoms with Gasteiger partial charge in [-0.25, -0.2) is 13.6 Å². The van der Waals surface area contributed by atoms with Gasteiger partial charge >= 0.3 is 5.97 Å². The molecule has 0 spiro atoms. The van der Waals surface area contributed by atoms with E-state index in [1.165, 1.54) is 30.5 Å². The van der Waals surface area contributed by atoms with Gasteiger partial charge in [0.2, 0.25) is 10.0 Å². The second-order valence-corrected chi connectivity index (χ2v) is 7.49. The number of hydrogen-bond acceptors (Lipinski definition) is 7. The topological polar surface area (TPSA) is 142 Å². The molecule has 0 aliphatic rings. The van der Waals surface area contributed by atoms with Crippen molar-refractivity contribution >= 4 is 39.3 Å². The highest BCUT2D eigenvalue weighted by molar-refractivity contribution is 7.99. The van der Waals surface area contributed by atoms with Crippen LogP contribution in [-0.4, -0.2) is 32.7 Å². The van der Waals surface area contributed by atoms with Crippen molar-refractivity contribution in [3.63, 3.8) is 0 Å². The van der Waals surface area contributed by atoms with Crippen LogP contribution in [0.2, 0.25) is 0 Å². The molecule has 3 N–H and O–H groups in total. The number of sulfonamides is 1. The Balaban J connectivity index is 1.77. The molecule has 0 saturated heterocycles. The van der Waals surface area contributed by atoms with Crippen molar-refractivity contribution in [3.05, 3.63) is 53.9 Å². The van der Waals surface area contributed by atoms with Gasteiger partial charge in [0, 0.05) is 17.8 Å². The summed E-state index contributed by atoms with van der Waals surface area (Å²) in [6.45, 7) is -0.511. The van der Waals surface area contributed by atoms with Crippen molar-refractivity contribution in [1.82, 2.24) is 0 Å². The first-order valence-corrected chi connectivity index (χ1v) is 9.68. The number of nitrogens with zero attached hydrogens (tertiary/aromatic N) is 1. The Kier molecular flexibility index (Phi) is 6.55. The highest BCUT2D eigenvalue weighted by Gasteiger charge is 2.12. The predicted octanol–water partition coefficient (Wildman–Crippen LogP) is 0.241. The largest absolute Gasteiger partial charge is 0.618 e. The number of ether oxygens (including phenoxy) is 1. The van der Waals surface area contributed by atoms with Crippen LogP contribution < -0.4 is 15.2 Å². The molecule has 1 aromatic carbocycles. The third-order valence-electron chi connectivity index (χ3n) is 2.96. The van der Waals surface area contributed by atoms with Crippen LogP contribution in [0.5, 0.6) is 0 Å². The molecule has 2 aromatic rings. The molecule has 138 valence electrons. The van der Waals surface area contributed by atoms with Crippen LogP contribution in [-0.2, 0) is 24.3 Å². The smallest absolute Gasteiger partial charge is 0.317 e. The van der Waals surface area contributed by atoms with E-state index < -0.39 is 28.5 Å². The number of primary sulfonamides is 1. The molecule has 0 radical (unpaired) electrons. The molecule has 0 bridgehead atoms. The van der Waals surface area contributed by atoms with Gasteiger partial charge < -0.3 is 15.3 Å². The summed E-state index contributed by atoms with van der Waals surface area (Å²) in [6.07, 6.45) is 1.31. The summed E-state index contributed by atoms with van der Waals surface area (Å²) in [7, 11) is -3.81. The minimum atomic E-state index is -3.81. The first kappa shape index (κ1) is 19.7. The molecular formula is C15H15N3O6S2. The van der Waals surface area contributed by atoms with Gasteiger partial charge in [-0.1, -0.05) is 0 Å². The summed E-state index contributed by atoms with van der Waals surface area (Å²) in [5, 5.41) is 19.2. The van der Waals surface area contributed by atoms with E-state index in [1.807, 2.05) is 0 Å². The standard InChI is InChI=1S/C15H15N3O6S2/c16-26(22,23)12-6-4-11(5-7-12)17-13(19)9-24-15(20)10-25-14-3-1-2-8-18(14)21/h1-8H,9-10H2,(H,17,19)(H2,16,22,23). The lowest BCUT2D eigenvalue weighted by atomic mass is 10.3. The molecule has 1 amide bonds. The van der Waals surface area contributed by atoms with E-state index in [1.54, 1.807) is 18.2 Å². The van der Waals surface area contributed by atoms with Gasteiger partial charge in [0.15, 0.2) is 12.8 Å². The second-order valence-electron chi connectivity index (χ2n) is 4.93. The maximum atomic E-state index is 11.7. The van der Waals surface area contributed by atoms with Crippen molar-refractivity contribution in [2.24, 2.45) is 5.14 Å². The number of amides is 1. The number of aromatic nitrogens is 1. The first-order valence-electron chi connectivity index (χ1n) is 7.15. The number of nitrogens with one attached hydrogen (secondary N) is 1. The van der Waals surface area contributed by atoms with E-state index in [4.69, 9.17) is 9.88 Å². The summed E-state index contributed by atoms with van der Waals surface area (Å²) >= 11 is 0.990. The summed E-state index contributed by atoms with van der Waals surface area (Å²) in [5.74, 6) is -1.37. The average molecular weight is 397 g/mol. The Bertz CT molecular complexity index is 900. The number of carbonyl (C=O) groups excluding carboxylic acids is 2. The molecular weight excluding hydrogens is 382 g/mol. The average Bonchev–Trinajstić information content (AvgIpc) is 2.59. The number of nitrogens with two attached hydrogens (primary N) is 1. The number of thioether (sulfide) groups is 1. The SMILES string of the molecule is NS(=O)(=O)c1ccc(NC(=O)COC(=O)CSc2cccc[n+]2[O-])cc1. The molecule has 0 saturated carbocycles. The predicted molar refractivity (Wildman–Crippen MR) is 93.5 cm³/mol. The van der Waals surface area contributed by atoms with Crippen LogP contribution in [0, 0.1) is 5.21 Å². The summed E-state index contributed by atoms with van der Waals surface area (Å²) in [5.41, 5.74) is 0.324. The van der Waals surface area contributed by atoms with Crippen LogP contribution in [0.25, 0.3) is 0 Å². The fraction of sp³-hybridized carbons (Fsp3) is 0.133. The fourth-order valence-electron chi connectivity index (χ4n) is 1.77. The number of benzene rings is 1. The Morgan fingerprint density at radius 2 is 1.88 bits per heavy atom. The van der Waals surface area contributed by atoms with Crippen molar-refractivity contribution < 1.29 is 27.5 Å². The number of pyridine rings is 1. The number of esters is 1. The van der Waals surface area contributed by atoms with Crippen LogP contribution >= 0.6 is 11.8 Å². The van der Waals surface area contributed by atoms with Crippen LogP contribution in [0.15, 0.2) is 58.6 Å². The Labute approximate surface area is 153 Å². The van der Waals surface area contributed by atoms with Gasteiger partial charge in [0.05, 0.1) is 4.90 Å². The Hall–Kier alpha value is -2.63. The number of rotatable bonds is 7. The lowest BCUT2D eigenvalue weighted by molar-refractivity contribution is -0.645. The lowest BCUT2D eigenvalue weighted by Gasteiger charge is -2.07. The lowest BCUT2D eigenvalue weighted by Crippen LogP contribution is -2.28. The zero-order chi connectivity index (χ0) is 19.2. The molecule has 2 rings (SSSR count). The van der Waals surface area contributed by atoms with Gasteiger partial charge in [-0.2, -0.15) is 4.73 Å². The summed E-state index contributed by atoms with van der Waals surface area (Å²) in [4.78, 5) is 23.3. The van der Waals surface area contributed by atoms with E-state index in [9.17, 15) is 23.2 Å². The van der Waals surface area contributed by atoms with E-state index >= 15 is 0 Å². The maximum Gasteiger partial charge on any atom is 0.317 e. The Morgan fingerprint density at radius 3 is 2.50 bits per heavy atom. The molecule has 11 heteroatoms. The van der Waals surface area contributed by atoms with Gasteiger partial charge in [0.1, 0.15) is 5.75 Å². The molecule has 0 atom stereocenters. The minimum Gasteiger partial charge on any atom is -0.618 e. The molecule has 0 unspecified atom stereocenters. The van der Waals surface area contributed by atoms with E-state index in [-0.39, 0.29) is 10.6 Å². The molecule has 0 aliphatic carbocycles. The molecule has 26 heavy (non-hydrogen) atoms. The van der Waals surface area contributed by atoms with Gasteiger partial charge in [0.25, 0.3) is 10.9 Å². The van der Waals surface area contributed by atoms with Crippen molar-refractivity contribution in [2.45, 2.75) is 9.92 Å². The quantitative estimate of drug-likeness (QED) is 0.295. The zero-order valence-corrected chi connectivity index (χ0v) is 15.0. The second kappa shape index (κ2) is 8.65. The molecule has 1 heterocycles. The van der Waals surface area contributed by atoms with E-state index in [2.05, 4.69) is 5.32 Å². The highest BCUT2D eigenvalue weighted by Crippen LogP contribution is 2.14. The number of anilines is 1. The maximum absolute atomic E-state index is 11.7. The van der Waals surface area contributed by atoms with Gasteiger partial charge in [-0.15, -0.1) is 0 Å². The number of hydrogen-bond donors (Lipinski definition) is 2. The number of carbonyl (C=O) groups is 2. The van der Waals surface area contributed by atoms with Crippen molar-refractivity contribution in [2.75, 3.05) is 17.7 Å². The molecule has 9 nitrogen and oxygen atoms in total. The normalized spacial score (nSPS) is 11.0. The zero-order valence-electron chi connectivity index (χ0n) is 13.3. The first-order chi connectivity index (χ1) is 12.3. The monoisotopic (exact) mass is 397 g/mol. The Morgan fingerprint density at radius 1 is 1.19 bits per heavy atom. The van der Waals surface area contributed by atoms with E-state index in [0.717, 1.165) is 11.8 Å².